The Labute approximate surface area is 186 Å². The second-order valence-electron chi connectivity index (χ2n) is 9.67. The van der Waals surface area contributed by atoms with Crippen molar-refractivity contribution in [2.75, 3.05) is 19.6 Å². The first-order valence-corrected chi connectivity index (χ1v) is 11.7. The van der Waals surface area contributed by atoms with E-state index in [1.807, 2.05) is 22.6 Å². The molecular weight excluding hydrogens is 444 g/mol. The Bertz CT molecular complexity index is 985. The van der Waals surface area contributed by atoms with Gasteiger partial charge in [0.05, 0.1) is 11.0 Å². The van der Waals surface area contributed by atoms with Gasteiger partial charge in [-0.3, -0.25) is 9.59 Å². The number of halogens is 1. The predicted molar refractivity (Wildman–Crippen MR) is 122 cm³/mol. The molecule has 0 spiro atoms. The first-order chi connectivity index (χ1) is 14.2. The fourth-order valence-corrected chi connectivity index (χ4v) is 5.24. The molecule has 4 rings (SSSR count). The number of imidazole rings is 1. The van der Waals surface area contributed by atoms with E-state index in [1.54, 1.807) is 4.90 Å². The van der Waals surface area contributed by atoms with Crippen LogP contribution in [0.15, 0.2) is 16.6 Å². The van der Waals surface area contributed by atoms with E-state index in [9.17, 15) is 9.59 Å². The van der Waals surface area contributed by atoms with Crippen molar-refractivity contribution in [3.8, 4) is 0 Å². The average Bonchev–Trinajstić information content (AvgIpc) is 3.03. The highest BCUT2D eigenvalue weighted by molar-refractivity contribution is 9.10. The molecule has 0 unspecified atom stereocenters. The second-order valence-corrected chi connectivity index (χ2v) is 10.6. The topological polar surface area (TPSA) is 58.4 Å². The van der Waals surface area contributed by atoms with E-state index in [4.69, 9.17) is 4.98 Å². The molecule has 0 radical (unpaired) electrons. The highest BCUT2D eigenvalue weighted by Gasteiger charge is 2.34. The van der Waals surface area contributed by atoms with Crippen molar-refractivity contribution in [3.05, 3.63) is 28.0 Å². The summed E-state index contributed by atoms with van der Waals surface area (Å²) in [5.74, 6) is 0.298. The summed E-state index contributed by atoms with van der Waals surface area (Å²) in [7, 11) is 1.88. The molecule has 1 saturated carbocycles. The molecule has 0 atom stereocenters. The maximum atomic E-state index is 13.3. The minimum Gasteiger partial charge on any atom is -0.336 e. The number of amides is 2. The number of hydrogen-bond acceptors (Lipinski definition) is 3. The lowest BCUT2D eigenvalue weighted by molar-refractivity contribution is -0.138. The molecule has 1 saturated heterocycles. The highest BCUT2D eigenvalue weighted by Crippen LogP contribution is 2.33. The van der Waals surface area contributed by atoms with Crippen molar-refractivity contribution in [2.45, 2.75) is 64.3 Å². The third kappa shape index (κ3) is 3.88. The van der Waals surface area contributed by atoms with Gasteiger partial charge in [0.25, 0.3) is 5.91 Å². The van der Waals surface area contributed by atoms with Crippen LogP contribution in [0.2, 0.25) is 0 Å². The van der Waals surface area contributed by atoms with Crippen LogP contribution in [0.3, 0.4) is 0 Å². The molecule has 2 amide bonds. The largest absolute Gasteiger partial charge is 0.336 e. The van der Waals surface area contributed by atoms with Gasteiger partial charge in [-0.15, -0.1) is 0 Å². The van der Waals surface area contributed by atoms with Crippen LogP contribution in [0.4, 0.5) is 0 Å². The summed E-state index contributed by atoms with van der Waals surface area (Å²) in [6.45, 7) is 7.78. The van der Waals surface area contributed by atoms with E-state index in [2.05, 4.69) is 42.8 Å². The maximum Gasteiger partial charge on any atom is 0.290 e. The summed E-state index contributed by atoms with van der Waals surface area (Å²) in [6.07, 6.45) is 5.84. The molecule has 1 aromatic heterocycles. The van der Waals surface area contributed by atoms with Gasteiger partial charge < -0.3 is 14.4 Å². The summed E-state index contributed by atoms with van der Waals surface area (Å²) in [4.78, 5) is 34.6. The molecule has 1 aliphatic heterocycles. The van der Waals surface area contributed by atoms with Gasteiger partial charge in [0.15, 0.2) is 5.82 Å². The average molecular weight is 475 g/mol. The molecule has 2 aliphatic rings. The van der Waals surface area contributed by atoms with Gasteiger partial charge in [-0.05, 0) is 36.0 Å². The highest BCUT2D eigenvalue weighted by atomic mass is 79.9. The number of aryl methyl sites for hydroxylation is 1. The van der Waals surface area contributed by atoms with E-state index in [0.29, 0.717) is 25.0 Å². The Morgan fingerprint density at radius 1 is 1.13 bits per heavy atom. The fraction of sp³-hybridized carbons (Fsp3) is 0.609. The quantitative estimate of drug-likeness (QED) is 0.653. The van der Waals surface area contributed by atoms with Crippen molar-refractivity contribution in [3.63, 3.8) is 0 Å². The third-order valence-corrected chi connectivity index (χ3v) is 6.97. The summed E-state index contributed by atoms with van der Waals surface area (Å²) in [5.41, 5.74) is 2.77. The van der Waals surface area contributed by atoms with E-state index < -0.39 is 0 Å². The SMILES string of the molecule is Cn1c(C(=O)N2CCN(C3CCCCC3)C(=O)C2)nc2c(C(C)(C)C)cc(Br)cc21. The van der Waals surface area contributed by atoms with E-state index >= 15 is 0 Å². The van der Waals surface area contributed by atoms with Gasteiger partial charge >= 0.3 is 0 Å². The van der Waals surface area contributed by atoms with Gasteiger partial charge in [0, 0.05) is 30.7 Å². The molecule has 2 heterocycles. The second kappa shape index (κ2) is 7.98. The van der Waals surface area contributed by atoms with Crippen LogP contribution in [0, 0.1) is 0 Å². The van der Waals surface area contributed by atoms with Crippen LogP contribution in [-0.2, 0) is 17.3 Å². The van der Waals surface area contributed by atoms with Crippen molar-refractivity contribution >= 4 is 38.8 Å². The Hall–Kier alpha value is -1.89. The molecule has 2 fully saturated rings. The molecule has 1 aliphatic carbocycles. The molecule has 6 nitrogen and oxygen atoms in total. The van der Waals surface area contributed by atoms with E-state index in [-0.39, 0.29) is 23.8 Å². The van der Waals surface area contributed by atoms with Crippen LogP contribution in [0.25, 0.3) is 11.0 Å². The number of piperazine rings is 1. The van der Waals surface area contributed by atoms with Gasteiger partial charge in [-0.25, -0.2) is 4.98 Å². The Balaban J connectivity index is 1.60. The minimum atomic E-state index is -0.165. The smallest absolute Gasteiger partial charge is 0.290 e. The number of carbonyl (C=O) groups excluding carboxylic acids is 2. The zero-order chi connectivity index (χ0) is 21.6. The van der Waals surface area contributed by atoms with Gasteiger partial charge in [-0.1, -0.05) is 56.0 Å². The van der Waals surface area contributed by atoms with Crippen LogP contribution < -0.4 is 0 Å². The molecule has 30 heavy (non-hydrogen) atoms. The number of carbonyl (C=O) groups is 2. The molecule has 1 aromatic carbocycles. The van der Waals surface area contributed by atoms with Crippen LogP contribution >= 0.6 is 15.9 Å². The molecule has 0 N–H and O–H groups in total. The van der Waals surface area contributed by atoms with Crippen LogP contribution in [-0.4, -0.2) is 56.8 Å². The first-order valence-electron chi connectivity index (χ1n) is 10.9. The first kappa shape index (κ1) is 21.3. The molecule has 7 heteroatoms. The zero-order valence-electron chi connectivity index (χ0n) is 18.4. The van der Waals surface area contributed by atoms with Crippen molar-refractivity contribution in [2.24, 2.45) is 7.05 Å². The summed E-state index contributed by atoms with van der Waals surface area (Å²) >= 11 is 3.60. The lowest BCUT2D eigenvalue weighted by Crippen LogP contribution is -2.56. The number of fused-ring (bicyclic) bond motifs is 1. The number of benzene rings is 1. The monoisotopic (exact) mass is 474 g/mol. The van der Waals surface area contributed by atoms with Crippen molar-refractivity contribution in [1.29, 1.82) is 0 Å². The standard InChI is InChI=1S/C23H31BrN4O2/c1-23(2,3)17-12-15(24)13-18-20(17)25-21(26(18)4)22(30)27-10-11-28(19(29)14-27)16-8-6-5-7-9-16/h12-13,16H,5-11,14H2,1-4H3. The summed E-state index contributed by atoms with van der Waals surface area (Å²) < 4.78 is 2.83. The molecule has 0 bridgehead atoms. The predicted octanol–water partition coefficient (Wildman–Crippen LogP) is 4.25. The molecule has 2 aromatic rings. The number of rotatable bonds is 2. The van der Waals surface area contributed by atoms with Gasteiger partial charge in [-0.2, -0.15) is 0 Å². The van der Waals surface area contributed by atoms with Gasteiger partial charge in [0.2, 0.25) is 5.91 Å². The lowest BCUT2D eigenvalue weighted by Gasteiger charge is -2.40. The van der Waals surface area contributed by atoms with E-state index in [0.717, 1.165) is 33.9 Å². The molecule has 162 valence electrons. The van der Waals surface area contributed by atoms with Crippen LogP contribution in [0.5, 0.6) is 0 Å². The Morgan fingerprint density at radius 3 is 2.47 bits per heavy atom. The number of nitrogens with zero attached hydrogens (tertiary/aromatic N) is 4. The summed E-state index contributed by atoms with van der Waals surface area (Å²) in [5, 5.41) is 0. The zero-order valence-corrected chi connectivity index (χ0v) is 20.0. The van der Waals surface area contributed by atoms with Gasteiger partial charge in [0.1, 0.15) is 6.54 Å². The van der Waals surface area contributed by atoms with Crippen molar-refractivity contribution < 1.29 is 9.59 Å². The lowest BCUT2D eigenvalue weighted by atomic mass is 9.86. The molecular formula is C23H31BrN4O2. The normalized spacial score (nSPS) is 19.0. The van der Waals surface area contributed by atoms with Crippen molar-refractivity contribution in [1.82, 2.24) is 19.4 Å². The number of aromatic nitrogens is 2. The Morgan fingerprint density at radius 2 is 1.83 bits per heavy atom. The Kier molecular flexibility index (Phi) is 5.68. The fourth-order valence-electron chi connectivity index (χ4n) is 4.80. The summed E-state index contributed by atoms with van der Waals surface area (Å²) in [6, 6.07) is 4.43. The minimum absolute atomic E-state index is 0.0680. The number of hydrogen-bond donors (Lipinski definition) is 0. The van der Waals surface area contributed by atoms with Crippen LogP contribution in [0.1, 0.15) is 69.1 Å². The third-order valence-electron chi connectivity index (χ3n) is 6.51. The maximum absolute atomic E-state index is 13.3. The van der Waals surface area contributed by atoms with E-state index in [1.165, 1.54) is 19.3 Å².